The van der Waals surface area contributed by atoms with Gasteiger partial charge >= 0.3 is 0 Å². The van der Waals surface area contributed by atoms with E-state index in [-0.39, 0.29) is 0 Å². The van der Waals surface area contributed by atoms with E-state index in [9.17, 15) is 10.1 Å². The van der Waals surface area contributed by atoms with Gasteiger partial charge in [0.2, 0.25) is 6.20 Å². The monoisotopic (exact) mass is 257 g/mol. The van der Waals surface area contributed by atoms with Crippen LogP contribution in [-0.4, -0.2) is 12.0 Å². The van der Waals surface area contributed by atoms with Crippen LogP contribution < -0.4 is 4.74 Å². The van der Waals surface area contributed by atoms with Gasteiger partial charge in [0.25, 0.3) is 0 Å². The summed E-state index contributed by atoms with van der Waals surface area (Å²) in [7, 11) is 1.55. The van der Waals surface area contributed by atoms with Crippen molar-refractivity contribution in [2.75, 3.05) is 7.11 Å². The van der Waals surface area contributed by atoms with Gasteiger partial charge in [0.15, 0.2) is 0 Å². The summed E-state index contributed by atoms with van der Waals surface area (Å²) < 4.78 is 5.78. The molecule has 0 aliphatic heterocycles. The average Bonchev–Trinajstić information content (AvgIpc) is 2.16. The van der Waals surface area contributed by atoms with E-state index in [1.165, 1.54) is 6.08 Å². The molecule has 4 nitrogen and oxygen atoms in total. The third-order valence-electron chi connectivity index (χ3n) is 1.58. The molecule has 0 aliphatic carbocycles. The summed E-state index contributed by atoms with van der Waals surface area (Å²) >= 11 is 3.28. The first-order valence-corrected chi connectivity index (χ1v) is 4.58. The van der Waals surface area contributed by atoms with Crippen molar-refractivity contribution >= 4 is 22.0 Å². The van der Waals surface area contributed by atoms with Gasteiger partial charge in [0.05, 0.1) is 12.0 Å². The first-order chi connectivity index (χ1) is 6.63. The van der Waals surface area contributed by atoms with E-state index >= 15 is 0 Å². The van der Waals surface area contributed by atoms with Crippen LogP contribution in [0.4, 0.5) is 0 Å². The molecule has 1 aromatic carbocycles. The summed E-state index contributed by atoms with van der Waals surface area (Å²) in [4.78, 5) is 9.60. The molecule has 74 valence electrons. The minimum Gasteiger partial charge on any atom is -0.497 e. The van der Waals surface area contributed by atoms with Crippen LogP contribution in [0, 0.1) is 10.1 Å². The lowest BCUT2D eigenvalue weighted by Crippen LogP contribution is -1.86. The quantitative estimate of drug-likeness (QED) is 0.618. The molecule has 0 unspecified atom stereocenters. The Morgan fingerprint density at radius 1 is 1.57 bits per heavy atom. The van der Waals surface area contributed by atoms with Crippen molar-refractivity contribution in [3.05, 3.63) is 44.5 Å². The molecule has 0 aromatic heterocycles. The zero-order valence-electron chi connectivity index (χ0n) is 7.44. The van der Waals surface area contributed by atoms with E-state index < -0.39 is 4.92 Å². The van der Waals surface area contributed by atoms with Gasteiger partial charge in [-0.1, -0.05) is 15.9 Å². The maximum Gasteiger partial charge on any atom is 0.235 e. The topological polar surface area (TPSA) is 52.4 Å². The predicted octanol–water partition coefficient (Wildman–Crippen LogP) is 2.71. The second kappa shape index (κ2) is 4.76. The fraction of sp³-hybridized carbons (Fsp3) is 0.111. The van der Waals surface area contributed by atoms with Crippen LogP contribution in [0.3, 0.4) is 0 Å². The molecule has 0 radical (unpaired) electrons. The predicted molar refractivity (Wildman–Crippen MR) is 56.7 cm³/mol. The van der Waals surface area contributed by atoms with Crippen molar-refractivity contribution in [1.29, 1.82) is 0 Å². The minimum absolute atomic E-state index is 0.508. The SMILES string of the molecule is COc1ccc(Br)c(/C=C\[N+](=O)[O-])c1. The molecule has 0 heterocycles. The fourth-order valence-electron chi connectivity index (χ4n) is 0.918. The summed E-state index contributed by atoms with van der Waals surface area (Å²) in [5.41, 5.74) is 0.709. The maximum atomic E-state index is 10.1. The maximum absolute atomic E-state index is 10.1. The van der Waals surface area contributed by atoms with Crippen LogP contribution in [-0.2, 0) is 0 Å². The van der Waals surface area contributed by atoms with Gasteiger partial charge in [-0.05, 0) is 23.8 Å². The van der Waals surface area contributed by atoms with Gasteiger partial charge in [0, 0.05) is 10.5 Å². The minimum atomic E-state index is -0.508. The number of methoxy groups -OCH3 is 1. The highest BCUT2D eigenvalue weighted by Crippen LogP contribution is 2.23. The molecule has 0 amide bonds. The summed E-state index contributed by atoms with van der Waals surface area (Å²) in [6.45, 7) is 0. The van der Waals surface area contributed by atoms with Crippen molar-refractivity contribution in [3.63, 3.8) is 0 Å². The lowest BCUT2D eigenvalue weighted by Gasteiger charge is -2.01. The van der Waals surface area contributed by atoms with Gasteiger partial charge in [-0.25, -0.2) is 0 Å². The van der Waals surface area contributed by atoms with Crippen molar-refractivity contribution in [3.8, 4) is 5.75 Å². The van der Waals surface area contributed by atoms with E-state index in [4.69, 9.17) is 4.74 Å². The van der Waals surface area contributed by atoms with E-state index in [2.05, 4.69) is 15.9 Å². The molecule has 1 rings (SSSR count). The third-order valence-corrected chi connectivity index (χ3v) is 2.30. The molecule has 0 bridgehead atoms. The molecular weight excluding hydrogens is 250 g/mol. The van der Waals surface area contributed by atoms with E-state index in [1.54, 1.807) is 25.3 Å². The number of benzene rings is 1. The van der Waals surface area contributed by atoms with Crippen LogP contribution in [0.5, 0.6) is 5.75 Å². The van der Waals surface area contributed by atoms with Gasteiger partial charge < -0.3 is 4.74 Å². The summed E-state index contributed by atoms with van der Waals surface area (Å²) in [6.07, 6.45) is 2.30. The average molecular weight is 258 g/mol. The number of ether oxygens (including phenoxy) is 1. The summed E-state index contributed by atoms with van der Waals surface area (Å²) in [6, 6.07) is 5.26. The second-order valence-electron chi connectivity index (χ2n) is 2.49. The van der Waals surface area contributed by atoms with E-state index in [0.29, 0.717) is 11.3 Å². The highest BCUT2D eigenvalue weighted by atomic mass is 79.9. The van der Waals surface area contributed by atoms with Crippen molar-refractivity contribution in [2.24, 2.45) is 0 Å². The second-order valence-corrected chi connectivity index (χ2v) is 3.34. The molecule has 0 N–H and O–H groups in total. The number of halogens is 1. The number of rotatable bonds is 3. The Labute approximate surface area is 89.5 Å². The van der Waals surface area contributed by atoms with Crippen LogP contribution in [0.25, 0.3) is 6.08 Å². The Hall–Kier alpha value is -1.36. The lowest BCUT2D eigenvalue weighted by molar-refractivity contribution is -0.400. The van der Waals surface area contributed by atoms with Crippen LogP contribution in [0.15, 0.2) is 28.9 Å². The van der Waals surface area contributed by atoms with E-state index in [0.717, 1.165) is 10.7 Å². The lowest BCUT2D eigenvalue weighted by atomic mass is 10.2. The molecule has 0 atom stereocenters. The summed E-state index contributed by atoms with van der Waals surface area (Å²) in [5.74, 6) is 0.663. The number of hydrogen-bond acceptors (Lipinski definition) is 3. The van der Waals surface area contributed by atoms with Crippen molar-refractivity contribution < 1.29 is 9.66 Å². The first kappa shape index (κ1) is 10.7. The fourth-order valence-corrected chi connectivity index (χ4v) is 1.30. The molecule has 1 aromatic rings. The summed E-state index contributed by atoms with van der Waals surface area (Å²) in [5, 5.41) is 10.1. The molecule has 14 heavy (non-hydrogen) atoms. The Morgan fingerprint density at radius 3 is 2.86 bits per heavy atom. The van der Waals surface area contributed by atoms with Gasteiger partial charge in [0.1, 0.15) is 5.75 Å². The highest BCUT2D eigenvalue weighted by molar-refractivity contribution is 9.10. The van der Waals surface area contributed by atoms with Crippen LogP contribution in [0.2, 0.25) is 0 Å². The van der Waals surface area contributed by atoms with Crippen LogP contribution >= 0.6 is 15.9 Å². The molecule has 5 heteroatoms. The Balaban J connectivity index is 3.00. The Bertz CT molecular complexity index is 376. The Kier molecular flexibility index (Phi) is 3.64. The van der Waals surface area contributed by atoms with Crippen LogP contribution in [0.1, 0.15) is 5.56 Å². The molecule has 0 aliphatic rings. The number of nitro groups is 1. The number of nitrogens with zero attached hydrogens (tertiary/aromatic N) is 1. The zero-order valence-corrected chi connectivity index (χ0v) is 9.02. The van der Waals surface area contributed by atoms with Gasteiger partial charge in [-0.15, -0.1) is 0 Å². The normalized spacial score (nSPS) is 10.4. The molecule has 0 spiro atoms. The van der Waals surface area contributed by atoms with E-state index in [1.807, 2.05) is 0 Å². The number of hydrogen-bond donors (Lipinski definition) is 0. The van der Waals surface area contributed by atoms with Crippen molar-refractivity contribution in [2.45, 2.75) is 0 Å². The van der Waals surface area contributed by atoms with Gasteiger partial charge in [-0.3, -0.25) is 10.1 Å². The first-order valence-electron chi connectivity index (χ1n) is 3.78. The molecule has 0 saturated carbocycles. The smallest absolute Gasteiger partial charge is 0.235 e. The molecule has 0 saturated heterocycles. The zero-order chi connectivity index (χ0) is 10.6. The molecular formula is C9H8BrNO3. The van der Waals surface area contributed by atoms with Crippen molar-refractivity contribution in [1.82, 2.24) is 0 Å². The standard InChI is InChI=1S/C9H8BrNO3/c1-14-8-2-3-9(10)7(6-8)4-5-11(12)13/h2-6H,1H3/b5-4-. The largest absolute Gasteiger partial charge is 0.497 e. The molecule has 0 fully saturated rings. The highest BCUT2D eigenvalue weighted by Gasteiger charge is 1.99. The Morgan fingerprint density at radius 2 is 2.29 bits per heavy atom. The third kappa shape index (κ3) is 2.85. The van der Waals surface area contributed by atoms with Gasteiger partial charge in [-0.2, -0.15) is 0 Å².